The normalized spacial score (nSPS) is 13.2. The molecule has 0 saturated heterocycles. The number of rotatable bonds is 9. The Bertz CT molecular complexity index is 91.1. The van der Waals surface area contributed by atoms with E-state index in [1.807, 2.05) is 0 Å². The van der Waals surface area contributed by atoms with Crippen molar-refractivity contribution < 1.29 is 4.74 Å². The zero-order valence-corrected chi connectivity index (χ0v) is 9.35. The van der Waals surface area contributed by atoms with Crippen molar-refractivity contribution in [1.82, 2.24) is 0 Å². The lowest BCUT2D eigenvalue weighted by Crippen LogP contribution is -2.07. The third-order valence-corrected chi connectivity index (χ3v) is 2.37. The summed E-state index contributed by atoms with van der Waals surface area (Å²) < 4.78 is 5.59. The van der Waals surface area contributed by atoms with Gasteiger partial charge in [0.1, 0.15) is 0 Å². The highest BCUT2D eigenvalue weighted by molar-refractivity contribution is 4.48. The maximum absolute atomic E-state index is 5.59. The van der Waals surface area contributed by atoms with Crippen molar-refractivity contribution in [2.45, 2.75) is 64.9 Å². The van der Waals surface area contributed by atoms with Crippen molar-refractivity contribution in [2.75, 3.05) is 6.61 Å². The van der Waals surface area contributed by atoms with E-state index in [4.69, 9.17) is 4.74 Å². The molecular formula is C12H25O. The van der Waals surface area contributed by atoms with E-state index >= 15 is 0 Å². The van der Waals surface area contributed by atoms with Crippen molar-refractivity contribution in [3.8, 4) is 0 Å². The second kappa shape index (κ2) is 10.0. The molecule has 0 heterocycles. The summed E-state index contributed by atoms with van der Waals surface area (Å²) in [5.74, 6) is 0. The Labute approximate surface area is 83.9 Å². The Morgan fingerprint density at radius 2 is 1.69 bits per heavy atom. The SMILES string of the molecule is [CH2]CCCCCCCOC(C)CC. The Morgan fingerprint density at radius 3 is 2.31 bits per heavy atom. The van der Waals surface area contributed by atoms with Crippen LogP contribution in [-0.2, 0) is 4.74 Å². The molecule has 1 nitrogen and oxygen atoms in total. The van der Waals surface area contributed by atoms with Gasteiger partial charge in [-0.15, -0.1) is 0 Å². The minimum Gasteiger partial charge on any atom is -0.379 e. The number of hydrogen-bond acceptors (Lipinski definition) is 1. The zero-order chi connectivity index (χ0) is 9.94. The fourth-order valence-corrected chi connectivity index (χ4v) is 1.21. The molecule has 0 aromatic rings. The molecule has 1 unspecified atom stereocenters. The fourth-order valence-electron chi connectivity index (χ4n) is 1.21. The molecule has 1 radical (unpaired) electrons. The molecule has 0 saturated carbocycles. The molecule has 1 atom stereocenters. The zero-order valence-electron chi connectivity index (χ0n) is 9.35. The van der Waals surface area contributed by atoms with Crippen LogP contribution in [0.2, 0.25) is 0 Å². The predicted molar refractivity (Wildman–Crippen MR) is 58.8 cm³/mol. The largest absolute Gasteiger partial charge is 0.379 e. The van der Waals surface area contributed by atoms with E-state index in [1.54, 1.807) is 0 Å². The highest BCUT2D eigenvalue weighted by atomic mass is 16.5. The van der Waals surface area contributed by atoms with E-state index in [0.29, 0.717) is 6.10 Å². The van der Waals surface area contributed by atoms with Crippen LogP contribution in [0.3, 0.4) is 0 Å². The molecule has 0 aromatic heterocycles. The van der Waals surface area contributed by atoms with Crippen molar-refractivity contribution in [2.24, 2.45) is 0 Å². The molecule has 0 bridgehead atoms. The van der Waals surface area contributed by atoms with Gasteiger partial charge in [0.15, 0.2) is 0 Å². The number of unbranched alkanes of at least 4 members (excludes halogenated alkanes) is 5. The Hall–Kier alpha value is -0.0400. The first kappa shape index (κ1) is 13.0. The number of ether oxygens (including phenoxy) is 1. The van der Waals surface area contributed by atoms with Gasteiger partial charge in [-0.3, -0.25) is 0 Å². The van der Waals surface area contributed by atoms with Gasteiger partial charge in [-0.1, -0.05) is 46.0 Å². The molecular weight excluding hydrogens is 160 g/mol. The average molecular weight is 185 g/mol. The van der Waals surface area contributed by atoms with E-state index in [1.165, 1.54) is 32.1 Å². The van der Waals surface area contributed by atoms with Crippen LogP contribution in [0.15, 0.2) is 0 Å². The summed E-state index contributed by atoms with van der Waals surface area (Å²) >= 11 is 0. The molecule has 1 heteroatoms. The summed E-state index contributed by atoms with van der Waals surface area (Å²) in [6.07, 6.45) is 9.17. The molecule has 13 heavy (non-hydrogen) atoms. The summed E-state index contributed by atoms with van der Waals surface area (Å²) in [4.78, 5) is 0. The predicted octanol–water partition coefficient (Wildman–Crippen LogP) is 3.98. The summed E-state index contributed by atoms with van der Waals surface area (Å²) in [5.41, 5.74) is 0. The summed E-state index contributed by atoms with van der Waals surface area (Å²) in [6, 6.07) is 0. The molecule has 0 spiro atoms. The fraction of sp³-hybridized carbons (Fsp3) is 0.917. The molecule has 0 aliphatic rings. The molecule has 0 aliphatic heterocycles. The van der Waals surface area contributed by atoms with Crippen LogP contribution in [0.1, 0.15) is 58.8 Å². The van der Waals surface area contributed by atoms with E-state index in [-0.39, 0.29) is 0 Å². The van der Waals surface area contributed by atoms with Crippen LogP contribution < -0.4 is 0 Å². The molecule has 0 amide bonds. The van der Waals surface area contributed by atoms with E-state index < -0.39 is 0 Å². The molecule has 0 aliphatic carbocycles. The molecule has 0 rings (SSSR count). The Kier molecular flexibility index (Phi) is 10.0. The van der Waals surface area contributed by atoms with E-state index in [2.05, 4.69) is 20.8 Å². The minimum atomic E-state index is 0.444. The second-order valence-corrected chi connectivity index (χ2v) is 3.71. The second-order valence-electron chi connectivity index (χ2n) is 3.71. The van der Waals surface area contributed by atoms with Crippen LogP contribution in [-0.4, -0.2) is 12.7 Å². The van der Waals surface area contributed by atoms with Gasteiger partial charge in [0.25, 0.3) is 0 Å². The minimum absolute atomic E-state index is 0.444. The van der Waals surface area contributed by atoms with Crippen LogP contribution in [0.25, 0.3) is 0 Å². The van der Waals surface area contributed by atoms with Gasteiger partial charge >= 0.3 is 0 Å². The Balaban J connectivity index is 2.91. The standard InChI is InChI=1S/C12H25O/c1-4-6-7-8-9-10-11-13-12(3)5-2/h12H,1,4-11H2,2-3H3. The molecule has 0 fully saturated rings. The highest BCUT2D eigenvalue weighted by Gasteiger charge is 1.96. The van der Waals surface area contributed by atoms with Crippen LogP contribution in [0, 0.1) is 6.92 Å². The van der Waals surface area contributed by atoms with Gasteiger partial charge in [-0.05, 0) is 19.8 Å². The van der Waals surface area contributed by atoms with E-state index in [0.717, 1.165) is 19.4 Å². The maximum atomic E-state index is 5.59. The van der Waals surface area contributed by atoms with Crippen molar-refractivity contribution >= 4 is 0 Å². The van der Waals surface area contributed by atoms with E-state index in [9.17, 15) is 0 Å². The first-order valence-corrected chi connectivity index (χ1v) is 5.72. The summed E-state index contributed by atoms with van der Waals surface area (Å²) in [5, 5.41) is 0. The first-order chi connectivity index (χ1) is 6.31. The highest BCUT2D eigenvalue weighted by Crippen LogP contribution is 2.05. The monoisotopic (exact) mass is 185 g/mol. The topological polar surface area (TPSA) is 9.23 Å². The third-order valence-electron chi connectivity index (χ3n) is 2.37. The first-order valence-electron chi connectivity index (χ1n) is 5.72. The van der Waals surface area contributed by atoms with Crippen LogP contribution >= 0.6 is 0 Å². The third kappa shape index (κ3) is 9.88. The van der Waals surface area contributed by atoms with Crippen LogP contribution in [0.4, 0.5) is 0 Å². The quantitative estimate of drug-likeness (QED) is 0.494. The van der Waals surface area contributed by atoms with Crippen LogP contribution in [0.5, 0.6) is 0 Å². The molecule has 0 aromatic carbocycles. The Morgan fingerprint density at radius 1 is 1.08 bits per heavy atom. The van der Waals surface area contributed by atoms with Gasteiger partial charge in [0.05, 0.1) is 6.10 Å². The number of hydrogen-bond donors (Lipinski definition) is 0. The van der Waals surface area contributed by atoms with Crippen molar-refractivity contribution in [3.63, 3.8) is 0 Å². The van der Waals surface area contributed by atoms with Gasteiger partial charge < -0.3 is 4.74 Å². The lowest BCUT2D eigenvalue weighted by Gasteiger charge is -2.09. The maximum Gasteiger partial charge on any atom is 0.0544 e. The van der Waals surface area contributed by atoms with Gasteiger partial charge in [-0.2, -0.15) is 0 Å². The molecule has 0 N–H and O–H groups in total. The molecule has 79 valence electrons. The summed E-state index contributed by atoms with van der Waals surface area (Å²) in [7, 11) is 0. The van der Waals surface area contributed by atoms with Crippen molar-refractivity contribution in [3.05, 3.63) is 6.92 Å². The smallest absolute Gasteiger partial charge is 0.0544 e. The average Bonchev–Trinajstić information content (AvgIpc) is 2.16. The van der Waals surface area contributed by atoms with Gasteiger partial charge in [-0.25, -0.2) is 0 Å². The summed E-state index contributed by atoms with van der Waals surface area (Å²) in [6.45, 7) is 9.08. The lowest BCUT2D eigenvalue weighted by molar-refractivity contribution is 0.0608. The lowest BCUT2D eigenvalue weighted by atomic mass is 10.1. The van der Waals surface area contributed by atoms with Gasteiger partial charge in [0, 0.05) is 6.61 Å². The van der Waals surface area contributed by atoms with Gasteiger partial charge in [0.2, 0.25) is 0 Å². The van der Waals surface area contributed by atoms with Crippen molar-refractivity contribution in [1.29, 1.82) is 0 Å².